The van der Waals surface area contributed by atoms with Crippen LogP contribution in [0.15, 0.2) is 48.5 Å². The SMILES string of the molecule is CCCNC(=O)[C@H](CC)N(Cc1ccc(F)cc1)C(=O)COc1ccc(C(C)C)cc1. The van der Waals surface area contributed by atoms with Crippen molar-refractivity contribution in [1.82, 2.24) is 10.2 Å². The van der Waals surface area contributed by atoms with Crippen molar-refractivity contribution in [2.75, 3.05) is 13.2 Å². The second-order valence-corrected chi connectivity index (χ2v) is 7.88. The number of halogens is 1. The van der Waals surface area contributed by atoms with Gasteiger partial charge in [-0.15, -0.1) is 0 Å². The van der Waals surface area contributed by atoms with Gasteiger partial charge in [0.25, 0.3) is 5.91 Å². The minimum Gasteiger partial charge on any atom is -0.484 e. The third-order valence-corrected chi connectivity index (χ3v) is 5.11. The van der Waals surface area contributed by atoms with Crippen LogP contribution in [0.3, 0.4) is 0 Å². The van der Waals surface area contributed by atoms with E-state index in [-0.39, 0.29) is 30.8 Å². The average Bonchev–Trinajstić information content (AvgIpc) is 2.77. The number of rotatable bonds is 11. The fraction of sp³-hybridized carbons (Fsp3) is 0.440. The predicted octanol–water partition coefficient (Wildman–Crippen LogP) is 4.66. The van der Waals surface area contributed by atoms with Gasteiger partial charge < -0.3 is 15.0 Å². The number of amides is 2. The van der Waals surface area contributed by atoms with Crippen molar-refractivity contribution >= 4 is 11.8 Å². The highest BCUT2D eigenvalue weighted by atomic mass is 19.1. The Kier molecular flexibility index (Phi) is 9.50. The number of hydrogen-bond donors (Lipinski definition) is 1. The summed E-state index contributed by atoms with van der Waals surface area (Å²) in [5, 5.41) is 2.87. The Bertz CT molecular complexity index is 835. The number of benzene rings is 2. The van der Waals surface area contributed by atoms with Gasteiger partial charge in [-0.2, -0.15) is 0 Å². The third-order valence-electron chi connectivity index (χ3n) is 5.11. The topological polar surface area (TPSA) is 58.6 Å². The molecule has 0 fully saturated rings. The van der Waals surface area contributed by atoms with Crippen LogP contribution in [0.1, 0.15) is 57.6 Å². The number of nitrogens with zero attached hydrogens (tertiary/aromatic N) is 1. The molecule has 0 aliphatic heterocycles. The van der Waals surface area contributed by atoms with Crippen LogP contribution in [0.4, 0.5) is 4.39 Å². The number of ether oxygens (including phenoxy) is 1. The van der Waals surface area contributed by atoms with Gasteiger partial charge in [0.05, 0.1) is 0 Å². The van der Waals surface area contributed by atoms with Crippen LogP contribution in [-0.4, -0.2) is 35.9 Å². The maximum Gasteiger partial charge on any atom is 0.261 e. The molecule has 0 aliphatic rings. The monoisotopic (exact) mass is 428 g/mol. The van der Waals surface area contributed by atoms with E-state index in [4.69, 9.17) is 4.74 Å². The van der Waals surface area contributed by atoms with Crippen molar-refractivity contribution in [3.8, 4) is 5.75 Å². The molecular formula is C25H33FN2O3. The van der Waals surface area contributed by atoms with Gasteiger partial charge in [0.15, 0.2) is 6.61 Å². The summed E-state index contributed by atoms with van der Waals surface area (Å²) < 4.78 is 19.0. The van der Waals surface area contributed by atoms with Gasteiger partial charge in [-0.1, -0.05) is 52.0 Å². The Morgan fingerprint density at radius 3 is 2.23 bits per heavy atom. The van der Waals surface area contributed by atoms with E-state index in [0.717, 1.165) is 12.0 Å². The fourth-order valence-electron chi connectivity index (χ4n) is 3.25. The maximum absolute atomic E-state index is 13.3. The van der Waals surface area contributed by atoms with Crippen LogP contribution in [0.2, 0.25) is 0 Å². The smallest absolute Gasteiger partial charge is 0.261 e. The lowest BCUT2D eigenvalue weighted by Crippen LogP contribution is -2.50. The molecule has 0 saturated carbocycles. The normalized spacial score (nSPS) is 11.8. The summed E-state index contributed by atoms with van der Waals surface area (Å²) in [5.74, 6) is 0.177. The molecule has 0 aromatic heterocycles. The van der Waals surface area contributed by atoms with Gasteiger partial charge in [-0.3, -0.25) is 9.59 Å². The summed E-state index contributed by atoms with van der Waals surface area (Å²) in [6.45, 7) is 8.63. The van der Waals surface area contributed by atoms with Gasteiger partial charge >= 0.3 is 0 Å². The zero-order valence-electron chi connectivity index (χ0n) is 18.9. The summed E-state index contributed by atoms with van der Waals surface area (Å²) in [6.07, 6.45) is 1.27. The summed E-state index contributed by atoms with van der Waals surface area (Å²) in [5.41, 5.74) is 1.94. The summed E-state index contributed by atoms with van der Waals surface area (Å²) in [4.78, 5) is 27.3. The van der Waals surface area contributed by atoms with E-state index in [1.165, 1.54) is 22.6 Å². The maximum atomic E-state index is 13.3. The van der Waals surface area contributed by atoms with Gasteiger partial charge in [-0.05, 0) is 54.2 Å². The molecule has 0 bridgehead atoms. The Morgan fingerprint density at radius 1 is 1.03 bits per heavy atom. The number of nitrogens with one attached hydrogen (secondary N) is 1. The third kappa shape index (κ3) is 7.39. The molecule has 0 spiro atoms. The fourth-order valence-corrected chi connectivity index (χ4v) is 3.25. The number of carbonyl (C=O) groups is 2. The predicted molar refractivity (Wildman–Crippen MR) is 120 cm³/mol. The van der Waals surface area contributed by atoms with Crippen LogP contribution in [0, 0.1) is 5.82 Å². The molecule has 0 radical (unpaired) electrons. The van der Waals surface area contributed by atoms with Gasteiger partial charge in [0.2, 0.25) is 5.91 Å². The van der Waals surface area contributed by atoms with E-state index >= 15 is 0 Å². The molecule has 0 saturated heterocycles. The second kappa shape index (κ2) is 12.1. The molecule has 1 N–H and O–H groups in total. The van der Waals surface area contributed by atoms with Crippen LogP contribution < -0.4 is 10.1 Å². The molecule has 168 valence electrons. The van der Waals surface area contributed by atoms with Crippen LogP contribution in [-0.2, 0) is 16.1 Å². The molecule has 31 heavy (non-hydrogen) atoms. The first-order valence-electron chi connectivity index (χ1n) is 10.9. The van der Waals surface area contributed by atoms with Crippen molar-refractivity contribution in [1.29, 1.82) is 0 Å². The van der Waals surface area contributed by atoms with E-state index in [2.05, 4.69) is 19.2 Å². The van der Waals surface area contributed by atoms with Crippen molar-refractivity contribution in [3.63, 3.8) is 0 Å². The molecule has 0 aliphatic carbocycles. The molecule has 5 nitrogen and oxygen atoms in total. The highest BCUT2D eigenvalue weighted by Gasteiger charge is 2.28. The zero-order valence-corrected chi connectivity index (χ0v) is 18.9. The Hall–Kier alpha value is -2.89. The lowest BCUT2D eigenvalue weighted by atomic mass is 10.0. The quantitative estimate of drug-likeness (QED) is 0.566. The van der Waals surface area contributed by atoms with Crippen LogP contribution in [0.25, 0.3) is 0 Å². The summed E-state index contributed by atoms with van der Waals surface area (Å²) in [6, 6.07) is 13.0. The van der Waals surface area contributed by atoms with Crippen LogP contribution >= 0.6 is 0 Å². The highest BCUT2D eigenvalue weighted by Crippen LogP contribution is 2.19. The zero-order chi connectivity index (χ0) is 22.8. The summed E-state index contributed by atoms with van der Waals surface area (Å²) in [7, 11) is 0. The lowest BCUT2D eigenvalue weighted by molar-refractivity contribution is -0.143. The van der Waals surface area contributed by atoms with E-state index < -0.39 is 6.04 Å². The van der Waals surface area contributed by atoms with Gasteiger partial charge in [-0.25, -0.2) is 4.39 Å². The largest absolute Gasteiger partial charge is 0.484 e. The first kappa shape index (κ1) is 24.4. The summed E-state index contributed by atoms with van der Waals surface area (Å²) >= 11 is 0. The van der Waals surface area contributed by atoms with E-state index in [0.29, 0.717) is 24.6 Å². The molecule has 2 amide bonds. The molecule has 2 aromatic rings. The van der Waals surface area contributed by atoms with Crippen molar-refractivity contribution in [2.45, 2.75) is 59.0 Å². The second-order valence-electron chi connectivity index (χ2n) is 7.88. The van der Waals surface area contributed by atoms with Crippen LogP contribution in [0.5, 0.6) is 5.75 Å². The van der Waals surface area contributed by atoms with Crippen molar-refractivity contribution < 1.29 is 18.7 Å². The first-order valence-corrected chi connectivity index (χ1v) is 10.9. The molecule has 1 atom stereocenters. The van der Waals surface area contributed by atoms with E-state index in [1.807, 2.05) is 38.1 Å². The Balaban J connectivity index is 2.15. The lowest BCUT2D eigenvalue weighted by Gasteiger charge is -2.30. The number of carbonyl (C=O) groups excluding carboxylic acids is 2. The van der Waals surface area contributed by atoms with Crippen molar-refractivity contribution in [3.05, 3.63) is 65.5 Å². The molecule has 6 heteroatoms. The Labute approximate surface area is 184 Å². The minimum absolute atomic E-state index is 0.181. The van der Waals surface area contributed by atoms with Gasteiger partial charge in [0.1, 0.15) is 17.6 Å². The first-order chi connectivity index (χ1) is 14.8. The molecule has 2 rings (SSSR count). The van der Waals surface area contributed by atoms with Gasteiger partial charge in [0, 0.05) is 13.1 Å². The molecule has 2 aromatic carbocycles. The van der Waals surface area contributed by atoms with E-state index in [9.17, 15) is 14.0 Å². The minimum atomic E-state index is -0.629. The van der Waals surface area contributed by atoms with E-state index in [1.54, 1.807) is 12.1 Å². The molecule has 0 heterocycles. The van der Waals surface area contributed by atoms with Crippen molar-refractivity contribution in [2.24, 2.45) is 0 Å². The number of hydrogen-bond acceptors (Lipinski definition) is 3. The molecular weight excluding hydrogens is 395 g/mol. The Morgan fingerprint density at radius 2 is 1.68 bits per heavy atom. The molecule has 0 unspecified atom stereocenters. The highest BCUT2D eigenvalue weighted by molar-refractivity contribution is 5.88. The standard InChI is InChI=1S/C25H33FN2O3/c1-5-15-27-25(30)23(6-2)28(16-19-7-11-21(26)12-8-19)24(29)17-31-22-13-9-20(10-14-22)18(3)4/h7-14,18,23H,5-6,15-17H2,1-4H3,(H,27,30)/t23-/m0/s1. The average molecular weight is 429 g/mol.